The first-order valence-electron chi connectivity index (χ1n) is 6.11. The Labute approximate surface area is 115 Å². The van der Waals surface area contributed by atoms with Crippen LogP contribution >= 0.6 is 11.6 Å². The van der Waals surface area contributed by atoms with Crippen molar-refractivity contribution in [2.24, 2.45) is 0 Å². The summed E-state index contributed by atoms with van der Waals surface area (Å²) in [7, 11) is 0. The Hall–Kier alpha value is -1.81. The fraction of sp³-hybridized carbons (Fsp3) is 0.286. The smallest absolute Gasteiger partial charge is 0.341 e. The van der Waals surface area contributed by atoms with Gasteiger partial charge in [-0.3, -0.25) is 4.79 Å². The highest BCUT2D eigenvalue weighted by atomic mass is 35.5. The predicted octanol–water partition coefficient (Wildman–Crippen LogP) is 3.15. The molecule has 2 aromatic rings. The topological polar surface area (TPSA) is 59.3 Å². The second kappa shape index (κ2) is 5.45. The molecule has 0 saturated carbocycles. The normalized spacial score (nSPS) is 10.8. The van der Waals surface area contributed by atoms with Crippen molar-refractivity contribution < 1.29 is 9.90 Å². The van der Waals surface area contributed by atoms with Crippen LogP contribution in [0.3, 0.4) is 0 Å². The van der Waals surface area contributed by atoms with Crippen molar-refractivity contribution in [3.8, 4) is 0 Å². The molecule has 0 radical (unpaired) electrons. The van der Waals surface area contributed by atoms with Crippen molar-refractivity contribution in [1.29, 1.82) is 0 Å². The van der Waals surface area contributed by atoms with Crippen LogP contribution in [0, 0.1) is 0 Å². The van der Waals surface area contributed by atoms with E-state index < -0.39 is 11.4 Å². The van der Waals surface area contributed by atoms with Crippen LogP contribution in [0.15, 0.2) is 29.2 Å². The molecule has 100 valence electrons. The Bertz CT molecular complexity index is 691. The Morgan fingerprint density at radius 1 is 1.42 bits per heavy atom. The molecule has 0 aliphatic heterocycles. The average molecular weight is 280 g/mol. The van der Waals surface area contributed by atoms with E-state index >= 15 is 0 Å². The lowest BCUT2D eigenvalue weighted by Gasteiger charge is -2.12. The number of pyridine rings is 1. The first-order valence-corrected chi connectivity index (χ1v) is 6.49. The molecular formula is C14H14ClNO3. The van der Waals surface area contributed by atoms with E-state index in [0.717, 1.165) is 12.8 Å². The van der Waals surface area contributed by atoms with E-state index in [2.05, 4.69) is 0 Å². The zero-order valence-electron chi connectivity index (χ0n) is 10.5. The molecule has 5 heteroatoms. The first-order chi connectivity index (χ1) is 9.06. The lowest BCUT2D eigenvalue weighted by atomic mass is 10.1. The number of benzene rings is 1. The van der Waals surface area contributed by atoms with E-state index in [1.807, 2.05) is 6.92 Å². The molecule has 0 unspecified atom stereocenters. The number of carboxylic acids is 1. The number of para-hydroxylation sites is 1. The maximum absolute atomic E-state index is 12.1. The van der Waals surface area contributed by atoms with Crippen LogP contribution in [0.2, 0.25) is 5.02 Å². The third-order valence-corrected chi connectivity index (χ3v) is 3.34. The van der Waals surface area contributed by atoms with Crippen molar-refractivity contribution in [1.82, 2.24) is 4.57 Å². The molecule has 4 nitrogen and oxygen atoms in total. The summed E-state index contributed by atoms with van der Waals surface area (Å²) >= 11 is 6.14. The minimum absolute atomic E-state index is 0.217. The van der Waals surface area contributed by atoms with Gasteiger partial charge in [0.1, 0.15) is 5.56 Å². The maximum atomic E-state index is 12.1. The summed E-state index contributed by atoms with van der Waals surface area (Å²) in [5.41, 5.74) is -0.101. The number of aryl methyl sites for hydroxylation is 1. The molecule has 0 spiro atoms. The van der Waals surface area contributed by atoms with Crippen molar-refractivity contribution in [3.05, 3.63) is 45.2 Å². The fourth-order valence-corrected chi connectivity index (χ4v) is 2.35. The monoisotopic (exact) mass is 279 g/mol. The van der Waals surface area contributed by atoms with Gasteiger partial charge in [-0.1, -0.05) is 31.0 Å². The van der Waals surface area contributed by atoms with Crippen molar-refractivity contribution in [3.63, 3.8) is 0 Å². The number of halogens is 1. The number of aromatic carboxylic acids is 1. The van der Waals surface area contributed by atoms with Crippen LogP contribution in [0.25, 0.3) is 10.9 Å². The van der Waals surface area contributed by atoms with Gasteiger partial charge in [0.05, 0.1) is 10.5 Å². The molecule has 0 amide bonds. The average Bonchev–Trinajstić information content (AvgIpc) is 2.38. The van der Waals surface area contributed by atoms with Crippen LogP contribution in [-0.2, 0) is 6.54 Å². The van der Waals surface area contributed by atoms with Crippen molar-refractivity contribution in [2.75, 3.05) is 0 Å². The number of aromatic nitrogens is 1. The van der Waals surface area contributed by atoms with Gasteiger partial charge in [-0.05, 0) is 18.6 Å². The standard InChI is InChI=1S/C14H14ClNO3/c1-2-3-7-16-8-10(14(18)19)13(17)9-5-4-6-11(15)12(9)16/h4-6,8H,2-3,7H2,1H3,(H,18,19). The molecule has 0 saturated heterocycles. The molecule has 1 aromatic carbocycles. The summed E-state index contributed by atoms with van der Waals surface area (Å²) in [6.07, 6.45) is 3.25. The zero-order chi connectivity index (χ0) is 14.0. The summed E-state index contributed by atoms with van der Waals surface area (Å²) in [4.78, 5) is 23.2. The number of nitrogens with zero attached hydrogens (tertiary/aromatic N) is 1. The van der Waals surface area contributed by atoms with Crippen LogP contribution in [-0.4, -0.2) is 15.6 Å². The number of hydrogen-bond acceptors (Lipinski definition) is 2. The molecule has 0 aliphatic rings. The summed E-state index contributed by atoms with van der Waals surface area (Å²) in [6.45, 7) is 2.68. The van der Waals surface area contributed by atoms with Crippen LogP contribution in [0.5, 0.6) is 0 Å². The van der Waals surface area contributed by atoms with Gasteiger partial charge in [-0.2, -0.15) is 0 Å². The first kappa shape index (κ1) is 13.6. The molecule has 2 rings (SSSR count). The number of hydrogen-bond donors (Lipinski definition) is 1. The van der Waals surface area contributed by atoms with Gasteiger partial charge in [-0.25, -0.2) is 4.79 Å². The van der Waals surface area contributed by atoms with E-state index in [0.29, 0.717) is 22.5 Å². The summed E-state index contributed by atoms with van der Waals surface area (Å²) in [5, 5.41) is 9.91. The lowest BCUT2D eigenvalue weighted by Crippen LogP contribution is -2.19. The minimum Gasteiger partial charge on any atom is -0.477 e. The van der Waals surface area contributed by atoms with E-state index in [1.165, 1.54) is 6.20 Å². The molecule has 1 heterocycles. The fourth-order valence-electron chi connectivity index (χ4n) is 2.07. The van der Waals surface area contributed by atoms with Gasteiger partial charge in [0.25, 0.3) is 0 Å². The van der Waals surface area contributed by atoms with Crippen LogP contribution in [0.4, 0.5) is 0 Å². The molecule has 1 aromatic heterocycles. The maximum Gasteiger partial charge on any atom is 0.341 e. The second-order valence-electron chi connectivity index (χ2n) is 4.36. The predicted molar refractivity (Wildman–Crippen MR) is 75.1 cm³/mol. The summed E-state index contributed by atoms with van der Waals surface area (Å²) < 4.78 is 1.76. The van der Waals surface area contributed by atoms with E-state index in [4.69, 9.17) is 16.7 Å². The van der Waals surface area contributed by atoms with Gasteiger partial charge in [0, 0.05) is 18.1 Å². The van der Waals surface area contributed by atoms with Crippen molar-refractivity contribution >= 4 is 28.5 Å². The number of fused-ring (bicyclic) bond motifs is 1. The molecular weight excluding hydrogens is 266 g/mol. The van der Waals surface area contributed by atoms with Crippen molar-refractivity contribution in [2.45, 2.75) is 26.3 Å². The molecule has 0 atom stereocenters. The molecule has 19 heavy (non-hydrogen) atoms. The number of carbonyl (C=O) groups is 1. The Morgan fingerprint density at radius 2 is 2.16 bits per heavy atom. The summed E-state index contributed by atoms with van der Waals surface area (Å²) in [5.74, 6) is -1.21. The molecule has 1 N–H and O–H groups in total. The largest absolute Gasteiger partial charge is 0.477 e. The van der Waals surface area contributed by atoms with Gasteiger partial charge in [0.15, 0.2) is 0 Å². The quantitative estimate of drug-likeness (QED) is 0.935. The molecule has 0 bridgehead atoms. The van der Waals surface area contributed by atoms with E-state index in [9.17, 15) is 9.59 Å². The minimum atomic E-state index is -1.21. The van der Waals surface area contributed by atoms with E-state index in [1.54, 1.807) is 22.8 Å². The third kappa shape index (κ3) is 2.49. The van der Waals surface area contributed by atoms with Crippen LogP contribution in [0.1, 0.15) is 30.1 Å². The molecule has 0 fully saturated rings. The number of carboxylic acid groups (broad SMARTS) is 1. The molecule has 0 aliphatic carbocycles. The summed E-state index contributed by atoms with van der Waals surface area (Å²) in [6, 6.07) is 4.96. The van der Waals surface area contributed by atoms with Gasteiger partial charge < -0.3 is 9.67 Å². The van der Waals surface area contributed by atoms with Gasteiger partial charge >= 0.3 is 5.97 Å². The zero-order valence-corrected chi connectivity index (χ0v) is 11.3. The Morgan fingerprint density at radius 3 is 2.79 bits per heavy atom. The third-order valence-electron chi connectivity index (χ3n) is 3.03. The Balaban J connectivity index is 2.80. The lowest BCUT2D eigenvalue weighted by molar-refractivity contribution is 0.0695. The van der Waals surface area contributed by atoms with Gasteiger partial charge in [0.2, 0.25) is 5.43 Å². The number of rotatable bonds is 4. The van der Waals surface area contributed by atoms with Gasteiger partial charge in [-0.15, -0.1) is 0 Å². The Kier molecular flexibility index (Phi) is 3.90. The number of unbranched alkanes of at least 4 members (excludes halogenated alkanes) is 1. The highest BCUT2D eigenvalue weighted by Gasteiger charge is 2.15. The SMILES string of the molecule is CCCCn1cc(C(=O)O)c(=O)c2cccc(Cl)c21. The highest BCUT2D eigenvalue weighted by molar-refractivity contribution is 6.35. The highest BCUT2D eigenvalue weighted by Crippen LogP contribution is 2.22. The van der Waals surface area contributed by atoms with E-state index in [-0.39, 0.29) is 5.56 Å². The van der Waals surface area contributed by atoms with Crippen LogP contribution < -0.4 is 5.43 Å². The second-order valence-corrected chi connectivity index (χ2v) is 4.77.